The monoisotopic (exact) mass is 183 g/mol. The zero-order valence-corrected chi connectivity index (χ0v) is 8.25. The smallest absolute Gasteiger partial charge is 0.177 e. The summed E-state index contributed by atoms with van der Waals surface area (Å²) < 4.78 is 0. The topological polar surface area (TPSA) is 66.5 Å². The van der Waals surface area contributed by atoms with Crippen LogP contribution in [0.5, 0.6) is 0 Å². The molecule has 0 atom stereocenters. The Morgan fingerprint density at radius 1 is 1.23 bits per heavy atom. The third kappa shape index (κ3) is 2.77. The standard InChI is InChI=1S/C6H11N5.C2H6/c1-3-7-4-2-5(1)6-8-10-11-9-6;1-2/h5,7H,1-4H2,(H,8,9,10,11);1-2H3. The van der Waals surface area contributed by atoms with Gasteiger partial charge in [-0.2, -0.15) is 5.21 Å². The van der Waals surface area contributed by atoms with Gasteiger partial charge in [-0.1, -0.05) is 19.1 Å². The van der Waals surface area contributed by atoms with E-state index >= 15 is 0 Å². The van der Waals surface area contributed by atoms with Gasteiger partial charge in [-0.15, -0.1) is 10.2 Å². The van der Waals surface area contributed by atoms with Crippen molar-refractivity contribution in [1.29, 1.82) is 0 Å². The molecule has 5 heteroatoms. The fourth-order valence-electron chi connectivity index (χ4n) is 1.42. The van der Waals surface area contributed by atoms with E-state index in [1.165, 1.54) is 0 Å². The molecule has 1 aromatic heterocycles. The molecule has 1 saturated heterocycles. The average molecular weight is 183 g/mol. The lowest BCUT2D eigenvalue weighted by molar-refractivity contribution is 0.445. The molecule has 0 spiro atoms. The predicted octanol–water partition coefficient (Wildman–Crippen LogP) is 0.693. The highest BCUT2D eigenvalue weighted by Gasteiger charge is 2.18. The number of aromatic nitrogens is 4. The Balaban J connectivity index is 0.000000396. The second-order valence-electron chi connectivity index (χ2n) is 2.79. The maximum Gasteiger partial charge on any atom is 0.177 e. The van der Waals surface area contributed by atoms with E-state index in [0.29, 0.717) is 5.92 Å². The van der Waals surface area contributed by atoms with Crippen LogP contribution < -0.4 is 5.32 Å². The summed E-state index contributed by atoms with van der Waals surface area (Å²) in [5.41, 5.74) is 0. The lowest BCUT2D eigenvalue weighted by Gasteiger charge is -2.18. The minimum absolute atomic E-state index is 0.509. The van der Waals surface area contributed by atoms with Crippen LogP contribution in [-0.4, -0.2) is 33.7 Å². The first kappa shape index (κ1) is 10.1. The third-order valence-electron chi connectivity index (χ3n) is 2.07. The first-order valence-electron chi connectivity index (χ1n) is 4.91. The van der Waals surface area contributed by atoms with Gasteiger partial charge in [-0.25, -0.2) is 0 Å². The second-order valence-corrected chi connectivity index (χ2v) is 2.79. The van der Waals surface area contributed by atoms with Crippen LogP contribution in [0.4, 0.5) is 0 Å². The van der Waals surface area contributed by atoms with Crippen molar-refractivity contribution in [2.75, 3.05) is 13.1 Å². The number of piperidine rings is 1. The third-order valence-corrected chi connectivity index (χ3v) is 2.07. The highest BCUT2D eigenvalue weighted by molar-refractivity contribution is 4.93. The molecule has 0 unspecified atom stereocenters. The molecule has 2 N–H and O–H groups in total. The van der Waals surface area contributed by atoms with E-state index in [-0.39, 0.29) is 0 Å². The van der Waals surface area contributed by atoms with Gasteiger partial charge in [-0.05, 0) is 25.9 Å². The van der Waals surface area contributed by atoms with Crippen LogP contribution in [0, 0.1) is 0 Å². The lowest BCUT2D eigenvalue weighted by atomic mass is 9.98. The summed E-state index contributed by atoms with van der Waals surface area (Å²) in [4.78, 5) is 0. The van der Waals surface area contributed by atoms with Crippen molar-refractivity contribution in [3.63, 3.8) is 0 Å². The number of rotatable bonds is 1. The van der Waals surface area contributed by atoms with Gasteiger partial charge in [-0.3, -0.25) is 0 Å². The van der Waals surface area contributed by atoms with E-state index in [0.717, 1.165) is 31.8 Å². The van der Waals surface area contributed by atoms with Gasteiger partial charge in [0.1, 0.15) is 0 Å². The van der Waals surface area contributed by atoms with Crippen molar-refractivity contribution < 1.29 is 0 Å². The van der Waals surface area contributed by atoms with E-state index < -0.39 is 0 Å². The number of aromatic amines is 1. The molecule has 2 heterocycles. The Bertz CT molecular complexity index is 202. The molecule has 1 aliphatic rings. The van der Waals surface area contributed by atoms with Crippen LogP contribution in [0.2, 0.25) is 0 Å². The first-order chi connectivity index (χ1) is 6.47. The fourth-order valence-corrected chi connectivity index (χ4v) is 1.42. The minimum Gasteiger partial charge on any atom is -0.317 e. The number of H-pyrrole nitrogens is 1. The van der Waals surface area contributed by atoms with Crippen molar-refractivity contribution in [3.8, 4) is 0 Å². The SMILES string of the molecule is C1CC(c2nn[nH]n2)CCN1.CC. The number of nitrogens with one attached hydrogen (secondary N) is 2. The van der Waals surface area contributed by atoms with Gasteiger partial charge >= 0.3 is 0 Å². The number of nitrogens with zero attached hydrogens (tertiary/aromatic N) is 3. The molecule has 5 nitrogen and oxygen atoms in total. The highest BCUT2D eigenvalue weighted by Crippen LogP contribution is 2.20. The van der Waals surface area contributed by atoms with Crippen molar-refractivity contribution in [2.45, 2.75) is 32.6 Å². The average Bonchev–Trinajstić information content (AvgIpc) is 2.75. The molecule has 2 rings (SSSR count). The Hall–Kier alpha value is -0.970. The molecular formula is C8H17N5. The summed E-state index contributed by atoms with van der Waals surface area (Å²) in [5, 5.41) is 17.2. The van der Waals surface area contributed by atoms with E-state index in [1.54, 1.807) is 0 Å². The van der Waals surface area contributed by atoms with Crippen LogP contribution in [0.25, 0.3) is 0 Å². The first-order valence-corrected chi connectivity index (χ1v) is 4.91. The maximum absolute atomic E-state index is 3.96. The summed E-state index contributed by atoms with van der Waals surface area (Å²) in [7, 11) is 0. The van der Waals surface area contributed by atoms with Crippen molar-refractivity contribution in [2.24, 2.45) is 0 Å². The molecule has 13 heavy (non-hydrogen) atoms. The largest absolute Gasteiger partial charge is 0.317 e. The number of hydrogen-bond acceptors (Lipinski definition) is 4. The van der Waals surface area contributed by atoms with Crippen molar-refractivity contribution >= 4 is 0 Å². The van der Waals surface area contributed by atoms with Gasteiger partial charge in [0.05, 0.1) is 0 Å². The van der Waals surface area contributed by atoms with Gasteiger partial charge in [0.25, 0.3) is 0 Å². The molecule has 1 aromatic rings. The Labute approximate surface area is 78.3 Å². The second kappa shape index (κ2) is 5.64. The van der Waals surface area contributed by atoms with Crippen LogP contribution in [-0.2, 0) is 0 Å². The molecule has 0 bridgehead atoms. The van der Waals surface area contributed by atoms with E-state index in [1.807, 2.05) is 13.8 Å². The van der Waals surface area contributed by atoms with Crippen LogP contribution in [0.3, 0.4) is 0 Å². The minimum atomic E-state index is 0.509. The molecule has 1 aliphatic heterocycles. The van der Waals surface area contributed by atoms with E-state index in [4.69, 9.17) is 0 Å². The van der Waals surface area contributed by atoms with E-state index in [2.05, 4.69) is 25.9 Å². The Kier molecular flexibility index (Phi) is 4.39. The molecule has 1 fully saturated rings. The van der Waals surface area contributed by atoms with Crippen molar-refractivity contribution in [1.82, 2.24) is 25.9 Å². The zero-order chi connectivity index (χ0) is 9.52. The van der Waals surface area contributed by atoms with Gasteiger partial charge < -0.3 is 5.32 Å². The predicted molar refractivity (Wildman–Crippen MR) is 50.4 cm³/mol. The Morgan fingerprint density at radius 2 is 1.92 bits per heavy atom. The van der Waals surface area contributed by atoms with Crippen LogP contribution in [0.1, 0.15) is 38.4 Å². The number of hydrogen-bond donors (Lipinski definition) is 2. The van der Waals surface area contributed by atoms with E-state index in [9.17, 15) is 0 Å². The lowest BCUT2D eigenvalue weighted by Crippen LogP contribution is -2.27. The molecule has 0 radical (unpaired) electrons. The normalized spacial score (nSPS) is 17.7. The molecule has 74 valence electrons. The fraction of sp³-hybridized carbons (Fsp3) is 0.875. The van der Waals surface area contributed by atoms with Crippen LogP contribution in [0.15, 0.2) is 0 Å². The molecule has 0 aromatic carbocycles. The summed E-state index contributed by atoms with van der Waals surface area (Å²) in [5.74, 6) is 1.38. The summed E-state index contributed by atoms with van der Waals surface area (Å²) in [6.45, 7) is 6.14. The van der Waals surface area contributed by atoms with Crippen molar-refractivity contribution in [3.05, 3.63) is 5.82 Å². The summed E-state index contributed by atoms with van der Waals surface area (Å²) >= 11 is 0. The zero-order valence-electron chi connectivity index (χ0n) is 8.25. The Morgan fingerprint density at radius 3 is 2.46 bits per heavy atom. The molecule has 0 saturated carbocycles. The van der Waals surface area contributed by atoms with Gasteiger partial charge in [0.2, 0.25) is 0 Å². The highest BCUT2D eigenvalue weighted by atomic mass is 15.5. The van der Waals surface area contributed by atoms with Gasteiger partial charge in [0, 0.05) is 5.92 Å². The molecule has 0 aliphatic carbocycles. The molecular weight excluding hydrogens is 166 g/mol. The summed E-state index contributed by atoms with van der Waals surface area (Å²) in [6.07, 6.45) is 2.25. The summed E-state index contributed by atoms with van der Waals surface area (Å²) in [6, 6.07) is 0. The maximum atomic E-state index is 3.96. The number of tetrazole rings is 1. The quantitative estimate of drug-likeness (QED) is 0.672. The van der Waals surface area contributed by atoms with Gasteiger partial charge in [0.15, 0.2) is 5.82 Å². The van der Waals surface area contributed by atoms with Crippen LogP contribution >= 0.6 is 0 Å². The molecule has 0 amide bonds.